The summed E-state index contributed by atoms with van der Waals surface area (Å²) in [5, 5.41) is 5.56. The van der Waals surface area contributed by atoms with Crippen molar-refractivity contribution in [3.63, 3.8) is 0 Å². The normalized spacial score (nSPS) is 13.3. The van der Waals surface area contributed by atoms with Crippen molar-refractivity contribution in [2.75, 3.05) is 10.6 Å². The summed E-state index contributed by atoms with van der Waals surface area (Å²) in [6, 6.07) is 9.41. The number of carbonyl (C=O) groups is 2. The Labute approximate surface area is 127 Å². The minimum atomic E-state index is -0.333. The Morgan fingerprint density at radius 1 is 1.18 bits per heavy atom. The summed E-state index contributed by atoms with van der Waals surface area (Å²) in [5.74, 6) is -0.596. The number of rotatable bonds is 2. The number of halogens is 1. The van der Waals surface area contributed by atoms with Gasteiger partial charge in [0.25, 0.3) is 5.91 Å². The number of hydrogen-bond acceptors (Lipinski definition) is 2. The molecule has 0 atom stereocenters. The average molecular weight is 298 g/mol. The monoisotopic (exact) mass is 298 g/mol. The molecule has 22 heavy (non-hydrogen) atoms. The fourth-order valence-corrected chi connectivity index (χ4v) is 2.49. The lowest BCUT2D eigenvalue weighted by atomic mass is 10.00. The average Bonchev–Trinajstić information content (AvgIpc) is 2.49. The van der Waals surface area contributed by atoms with Gasteiger partial charge in [-0.2, -0.15) is 0 Å². The Bertz CT molecular complexity index is 771. The highest BCUT2D eigenvalue weighted by Crippen LogP contribution is 2.24. The van der Waals surface area contributed by atoms with Gasteiger partial charge in [0.1, 0.15) is 5.82 Å². The summed E-state index contributed by atoms with van der Waals surface area (Å²) in [6.45, 7) is 1.74. The summed E-state index contributed by atoms with van der Waals surface area (Å²) < 4.78 is 13.1. The zero-order valence-corrected chi connectivity index (χ0v) is 12.1. The van der Waals surface area contributed by atoms with Gasteiger partial charge in [-0.05, 0) is 60.9 Å². The fourth-order valence-electron chi connectivity index (χ4n) is 2.49. The van der Waals surface area contributed by atoms with Gasteiger partial charge in [0.05, 0.1) is 0 Å². The molecule has 0 saturated heterocycles. The number of aryl methyl sites for hydroxylation is 2. The highest BCUT2D eigenvalue weighted by Gasteiger charge is 2.17. The van der Waals surface area contributed by atoms with E-state index >= 15 is 0 Å². The minimum Gasteiger partial charge on any atom is -0.326 e. The van der Waals surface area contributed by atoms with Gasteiger partial charge in [-0.3, -0.25) is 9.59 Å². The molecule has 0 fully saturated rings. The van der Waals surface area contributed by atoms with E-state index in [-0.39, 0.29) is 17.6 Å². The van der Waals surface area contributed by atoms with Crippen molar-refractivity contribution in [1.82, 2.24) is 0 Å². The molecule has 0 aromatic heterocycles. The van der Waals surface area contributed by atoms with E-state index in [2.05, 4.69) is 10.6 Å². The second kappa shape index (κ2) is 5.60. The Kier molecular flexibility index (Phi) is 3.63. The van der Waals surface area contributed by atoms with Gasteiger partial charge in [0, 0.05) is 23.4 Å². The van der Waals surface area contributed by atoms with E-state index in [0.717, 1.165) is 11.3 Å². The first kappa shape index (κ1) is 14.3. The first-order valence-electron chi connectivity index (χ1n) is 7.03. The smallest absolute Gasteiger partial charge is 0.255 e. The summed E-state index contributed by atoms with van der Waals surface area (Å²) in [4.78, 5) is 23.6. The summed E-state index contributed by atoms with van der Waals surface area (Å²) in [7, 11) is 0. The number of benzene rings is 2. The van der Waals surface area contributed by atoms with E-state index < -0.39 is 0 Å². The molecule has 1 aliphatic rings. The van der Waals surface area contributed by atoms with Crippen molar-refractivity contribution < 1.29 is 14.0 Å². The van der Waals surface area contributed by atoms with Crippen LogP contribution in [-0.2, 0) is 11.2 Å². The number of amides is 2. The molecule has 112 valence electrons. The lowest BCUT2D eigenvalue weighted by molar-refractivity contribution is -0.116. The molecule has 5 heteroatoms. The van der Waals surface area contributed by atoms with Crippen LogP contribution < -0.4 is 10.6 Å². The van der Waals surface area contributed by atoms with Gasteiger partial charge in [0.2, 0.25) is 5.91 Å². The quantitative estimate of drug-likeness (QED) is 0.894. The van der Waals surface area contributed by atoms with E-state index in [0.29, 0.717) is 29.7 Å². The van der Waals surface area contributed by atoms with Gasteiger partial charge in [-0.1, -0.05) is 0 Å². The maximum absolute atomic E-state index is 13.1. The van der Waals surface area contributed by atoms with Crippen LogP contribution >= 0.6 is 0 Å². The highest BCUT2D eigenvalue weighted by atomic mass is 19.1. The summed E-state index contributed by atoms with van der Waals surface area (Å²) in [6.07, 6.45) is 1.05. The van der Waals surface area contributed by atoms with Gasteiger partial charge in [-0.25, -0.2) is 4.39 Å². The Morgan fingerprint density at radius 3 is 2.77 bits per heavy atom. The number of hydrogen-bond donors (Lipinski definition) is 2. The Morgan fingerprint density at radius 2 is 2.00 bits per heavy atom. The molecule has 0 bridgehead atoms. The fraction of sp³-hybridized carbons (Fsp3) is 0.176. The SMILES string of the molecule is Cc1cc(F)ccc1NC(=O)c1ccc2c(c1)CCC(=O)N2. The Balaban J connectivity index is 1.82. The zero-order valence-electron chi connectivity index (χ0n) is 12.1. The molecule has 0 unspecified atom stereocenters. The predicted octanol–water partition coefficient (Wildman–Crippen LogP) is 3.27. The lowest BCUT2D eigenvalue weighted by Crippen LogP contribution is -2.20. The summed E-state index contributed by atoms with van der Waals surface area (Å²) in [5.41, 5.74) is 3.46. The van der Waals surface area contributed by atoms with Crippen LogP contribution in [0, 0.1) is 12.7 Å². The van der Waals surface area contributed by atoms with Gasteiger partial charge < -0.3 is 10.6 Å². The van der Waals surface area contributed by atoms with Gasteiger partial charge in [-0.15, -0.1) is 0 Å². The molecule has 2 amide bonds. The van der Waals surface area contributed by atoms with Crippen molar-refractivity contribution in [3.05, 3.63) is 58.9 Å². The third-order valence-electron chi connectivity index (χ3n) is 3.70. The van der Waals surface area contributed by atoms with E-state index in [1.165, 1.54) is 12.1 Å². The number of carbonyl (C=O) groups excluding carboxylic acids is 2. The van der Waals surface area contributed by atoms with E-state index in [4.69, 9.17) is 0 Å². The first-order valence-corrected chi connectivity index (χ1v) is 7.03. The molecular formula is C17H15FN2O2. The molecular weight excluding hydrogens is 283 g/mol. The van der Waals surface area contributed by atoms with Crippen molar-refractivity contribution in [3.8, 4) is 0 Å². The lowest BCUT2D eigenvalue weighted by Gasteiger charge is -2.17. The van der Waals surface area contributed by atoms with Crippen LogP contribution in [0.15, 0.2) is 36.4 Å². The molecule has 2 aromatic carbocycles. The molecule has 1 heterocycles. The van der Waals surface area contributed by atoms with Crippen LogP contribution in [0.3, 0.4) is 0 Å². The zero-order chi connectivity index (χ0) is 15.7. The minimum absolute atomic E-state index is 0.00774. The molecule has 0 saturated carbocycles. The molecule has 2 aromatic rings. The number of anilines is 2. The predicted molar refractivity (Wildman–Crippen MR) is 82.5 cm³/mol. The standard InChI is InChI=1S/C17H15FN2O2/c1-10-8-13(18)4-6-14(10)20-17(22)12-2-5-15-11(9-12)3-7-16(21)19-15/h2,4-6,8-9H,3,7H2,1H3,(H,19,21)(H,20,22). The van der Waals surface area contributed by atoms with Crippen molar-refractivity contribution in [2.45, 2.75) is 19.8 Å². The topological polar surface area (TPSA) is 58.2 Å². The molecule has 3 rings (SSSR count). The third-order valence-corrected chi connectivity index (χ3v) is 3.70. The molecule has 1 aliphatic heterocycles. The van der Waals surface area contributed by atoms with Crippen molar-refractivity contribution in [1.29, 1.82) is 0 Å². The first-order chi connectivity index (χ1) is 10.5. The second-order valence-electron chi connectivity index (χ2n) is 5.33. The van der Waals surface area contributed by atoms with Crippen LogP contribution in [0.25, 0.3) is 0 Å². The van der Waals surface area contributed by atoms with E-state index in [9.17, 15) is 14.0 Å². The van der Waals surface area contributed by atoms with E-state index in [1.54, 1.807) is 31.2 Å². The van der Waals surface area contributed by atoms with Crippen molar-refractivity contribution >= 4 is 23.2 Å². The third kappa shape index (κ3) is 2.83. The second-order valence-corrected chi connectivity index (χ2v) is 5.33. The van der Waals surface area contributed by atoms with Crippen LogP contribution in [0.1, 0.15) is 27.9 Å². The summed E-state index contributed by atoms with van der Waals surface area (Å²) >= 11 is 0. The largest absolute Gasteiger partial charge is 0.326 e. The maximum Gasteiger partial charge on any atom is 0.255 e. The van der Waals surface area contributed by atoms with Crippen LogP contribution in [0.5, 0.6) is 0 Å². The molecule has 2 N–H and O–H groups in total. The maximum atomic E-state index is 13.1. The number of nitrogens with one attached hydrogen (secondary N) is 2. The number of fused-ring (bicyclic) bond motifs is 1. The highest BCUT2D eigenvalue weighted by molar-refractivity contribution is 6.05. The molecule has 4 nitrogen and oxygen atoms in total. The van der Waals surface area contributed by atoms with Crippen LogP contribution in [0.4, 0.5) is 15.8 Å². The van der Waals surface area contributed by atoms with E-state index in [1.807, 2.05) is 0 Å². The van der Waals surface area contributed by atoms with Gasteiger partial charge in [0.15, 0.2) is 0 Å². The van der Waals surface area contributed by atoms with Gasteiger partial charge >= 0.3 is 0 Å². The van der Waals surface area contributed by atoms with Crippen molar-refractivity contribution in [2.24, 2.45) is 0 Å². The molecule has 0 spiro atoms. The Hall–Kier alpha value is -2.69. The van der Waals surface area contributed by atoms with Crippen LogP contribution in [-0.4, -0.2) is 11.8 Å². The van der Waals surface area contributed by atoms with Crippen LogP contribution in [0.2, 0.25) is 0 Å². The molecule has 0 radical (unpaired) electrons. The molecule has 0 aliphatic carbocycles.